The summed E-state index contributed by atoms with van der Waals surface area (Å²) >= 11 is 0. The third-order valence-corrected chi connectivity index (χ3v) is 0. The van der Waals surface area contributed by atoms with E-state index in [0.717, 1.165) is 0 Å². The Morgan fingerprint density at radius 3 is 1.29 bits per heavy atom. The van der Waals surface area contributed by atoms with E-state index in [1.165, 1.54) is 0 Å². The van der Waals surface area contributed by atoms with Gasteiger partial charge in [0.2, 0.25) is 0 Å². The van der Waals surface area contributed by atoms with Crippen LogP contribution in [0.1, 0.15) is 1.43 Å². The molecule has 0 aromatic rings. The first-order valence-corrected chi connectivity index (χ1v) is 2.58. The van der Waals surface area contributed by atoms with Crippen molar-refractivity contribution in [3.05, 3.63) is 0 Å². The molecule has 0 aromatic heterocycles. The molecule has 0 atom stereocenters. The van der Waals surface area contributed by atoms with Crippen LogP contribution < -0.4 is 29.6 Å². The fraction of sp³-hybridized carbons (Fsp3) is 0. The summed E-state index contributed by atoms with van der Waals surface area (Å²) in [5.74, 6) is 0. The van der Waals surface area contributed by atoms with Gasteiger partial charge in [-0.1, -0.05) is 0 Å². The Morgan fingerprint density at radius 2 is 1.29 bits per heavy atom. The summed E-state index contributed by atoms with van der Waals surface area (Å²) in [7, 11) is -5.11. The standard InChI is InChI=1S/Al.FH3O3Si.Na.4H/c;1-5(2,3)4;;;;;/h;2-4H;;;;;/q;;+1;;;;-1. The van der Waals surface area contributed by atoms with Crippen LogP contribution in [0.3, 0.4) is 0 Å². The zero-order valence-corrected chi connectivity index (χ0v) is 6.22. The van der Waals surface area contributed by atoms with E-state index in [1.54, 1.807) is 0 Å². The molecule has 0 saturated heterocycles. The monoisotopic (exact) mass is 152 g/mol. The number of rotatable bonds is 0. The van der Waals surface area contributed by atoms with Crippen molar-refractivity contribution >= 4 is 26.5 Å². The van der Waals surface area contributed by atoms with Crippen LogP contribution in [-0.2, 0) is 0 Å². The average molecular weight is 152 g/mol. The first-order valence-electron chi connectivity index (χ1n) is 0.860. The van der Waals surface area contributed by atoms with Crippen molar-refractivity contribution in [1.82, 2.24) is 0 Å². The van der Waals surface area contributed by atoms with Crippen molar-refractivity contribution in [3.63, 3.8) is 0 Å². The third-order valence-electron chi connectivity index (χ3n) is 0. The zero-order chi connectivity index (χ0) is 4.50. The Bertz CT molecular complexity index is 34.8. The predicted molar refractivity (Wildman–Crippen MR) is 24.6 cm³/mol. The van der Waals surface area contributed by atoms with Crippen LogP contribution in [0, 0.1) is 0 Å². The smallest absolute Gasteiger partial charge is 1.00 e. The second-order valence-corrected chi connectivity index (χ2v) is 1.66. The van der Waals surface area contributed by atoms with Crippen molar-refractivity contribution < 1.29 is 49.5 Å². The molecule has 0 unspecified atom stereocenters. The molecule has 0 heterocycles. The minimum atomic E-state index is -5.11. The maximum absolute atomic E-state index is 10.5. The summed E-state index contributed by atoms with van der Waals surface area (Å²) in [4.78, 5) is 21.3. The van der Waals surface area contributed by atoms with Gasteiger partial charge >= 0.3 is 38.7 Å². The Hall–Kier alpha value is 1.56. The summed E-state index contributed by atoms with van der Waals surface area (Å²) < 4.78 is 10.5. The molecule has 0 aliphatic heterocycles. The minimum absolute atomic E-state index is 0. The van der Waals surface area contributed by atoms with E-state index < -0.39 is 9.14 Å². The van der Waals surface area contributed by atoms with Crippen LogP contribution >= 0.6 is 0 Å². The Labute approximate surface area is 75.6 Å². The topological polar surface area (TPSA) is 60.7 Å². The van der Waals surface area contributed by atoms with Crippen LogP contribution in [0.2, 0.25) is 0 Å². The van der Waals surface area contributed by atoms with Crippen molar-refractivity contribution in [2.75, 3.05) is 0 Å². The molecular formula is H7AlFNaO3Si. The summed E-state index contributed by atoms with van der Waals surface area (Å²) in [6.45, 7) is 0. The van der Waals surface area contributed by atoms with E-state index in [9.17, 15) is 4.11 Å². The molecule has 0 bridgehead atoms. The minimum Gasteiger partial charge on any atom is -1.00 e. The van der Waals surface area contributed by atoms with Gasteiger partial charge in [-0.05, 0) is 0 Å². The summed E-state index contributed by atoms with van der Waals surface area (Å²) in [6, 6.07) is 0. The Morgan fingerprint density at radius 1 is 1.29 bits per heavy atom. The predicted octanol–water partition coefficient (Wildman–Crippen LogP) is -5.70. The summed E-state index contributed by atoms with van der Waals surface area (Å²) in [6.07, 6.45) is 0. The van der Waals surface area contributed by atoms with Crippen LogP contribution in [0.5, 0.6) is 0 Å². The SMILES string of the molecule is O[Si](O)(O)F.[AlH3].[H-].[Na+]. The molecule has 7 heteroatoms. The van der Waals surface area contributed by atoms with Gasteiger partial charge in [-0.3, -0.25) is 0 Å². The van der Waals surface area contributed by atoms with Gasteiger partial charge in [0.05, 0.1) is 0 Å². The molecule has 0 radical (unpaired) electrons. The average Bonchev–Trinajstić information content (AvgIpc) is 0.722. The van der Waals surface area contributed by atoms with E-state index in [0.29, 0.717) is 0 Å². The normalized spacial score (nSPS) is 8.57. The van der Waals surface area contributed by atoms with E-state index in [-0.39, 0.29) is 48.3 Å². The zero-order valence-electron chi connectivity index (χ0n) is 4.22. The van der Waals surface area contributed by atoms with Crippen molar-refractivity contribution in [3.8, 4) is 0 Å². The molecule has 0 spiro atoms. The van der Waals surface area contributed by atoms with Gasteiger partial charge < -0.3 is 15.8 Å². The third kappa shape index (κ3) is 96.1. The molecule has 0 saturated carbocycles. The van der Waals surface area contributed by atoms with E-state index >= 15 is 0 Å². The molecule has 0 aliphatic rings. The maximum atomic E-state index is 10.5. The second-order valence-electron chi connectivity index (χ2n) is 0.554. The van der Waals surface area contributed by atoms with E-state index in [4.69, 9.17) is 14.4 Å². The molecule has 40 valence electrons. The molecule has 0 fully saturated rings. The van der Waals surface area contributed by atoms with Gasteiger partial charge in [-0.2, -0.15) is 0 Å². The van der Waals surface area contributed by atoms with E-state index in [1.807, 2.05) is 0 Å². The van der Waals surface area contributed by atoms with Gasteiger partial charge in [0.15, 0.2) is 17.4 Å². The number of halogens is 1. The molecule has 0 aromatic carbocycles. The van der Waals surface area contributed by atoms with E-state index in [2.05, 4.69) is 0 Å². The van der Waals surface area contributed by atoms with Gasteiger partial charge in [0.1, 0.15) is 0 Å². The Kier molecular flexibility index (Phi) is 12.9. The van der Waals surface area contributed by atoms with Gasteiger partial charge in [0, 0.05) is 0 Å². The van der Waals surface area contributed by atoms with Crippen LogP contribution in [0.4, 0.5) is 4.11 Å². The van der Waals surface area contributed by atoms with Crippen LogP contribution in [0.15, 0.2) is 0 Å². The fourth-order valence-corrected chi connectivity index (χ4v) is 0. The first kappa shape index (κ1) is 15.8. The number of hydrogen-bond donors (Lipinski definition) is 3. The molecule has 3 nitrogen and oxygen atoms in total. The summed E-state index contributed by atoms with van der Waals surface area (Å²) in [5.41, 5.74) is 0. The Balaban J connectivity index is -0.0000000267. The molecule has 0 amide bonds. The molecule has 0 aliphatic carbocycles. The van der Waals surface area contributed by atoms with Gasteiger partial charge in [-0.15, -0.1) is 0 Å². The molecular weight excluding hydrogens is 145 g/mol. The van der Waals surface area contributed by atoms with Crippen LogP contribution in [0.25, 0.3) is 0 Å². The molecule has 3 N–H and O–H groups in total. The second kappa shape index (κ2) is 5.69. The number of hydrogen-bond acceptors (Lipinski definition) is 3. The van der Waals surface area contributed by atoms with Crippen molar-refractivity contribution in [1.29, 1.82) is 0 Å². The van der Waals surface area contributed by atoms with Crippen LogP contribution in [-0.4, -0.2) is 40.9 Å². The maximum Gasteiger partial charge on any atom is 1.00 e. The largest absolute Gasteiger partial charge is 1.00 e. The molecule has 0 rings (SSSR count). The molecule has 7 heavy (non-hydrogen) atoms. The van der Waals surface area contributed by atoms with Gasteiger partial charge in [-0.25, -0.2) is 4.11 Å². The summed E-state index contributed by atoms with van der Waals surface area (Å²) in [5, 5.41) is 0. The van der Waals surface area contributed by atoms with Gasteiger partial charge in [0.25, 0.3) is 0 Å². The quantitative estimate of drug-likeness (QED) is 0.239. The fourth-order valence-electron chi connectivity index (χ4n) is 0. The first-order chi connectivity index (χ1) is 2.00. The van der Waals surface area contributed by atoms with Crippen molar-refractivity contribution in [2.45, 2.75) is 0 Å². The van der Waals surface area contributed by atoms with Crippen molar-refractivity contribution in [2.24, 2.45) is 0 Å².